The van der Waals surface area contributed by atoms with E-state index < -0.39 is 0 Å². The Labute approximate surface area is 201 Å². The van der Waals surface area contributed by atoms with Crippen LogP contribution in [0.5, 0.6) is 5.75 Å². The highest BCUT2D eigenvalue weighted by molar-refractivity contribution is 7.98. The number of ether oxygens (including phenoxy) is 1. The van der Waals surface area contributed by atoms with Gasteiger partial charge in [-0.25, -0.2) is 0 Å². The van der Waals surface area contributed by atoms with Gasteiger partial charge >= 0.3 is 0 Å². The maximum absolute atomic E-state index is 12.7. The van der Waals surface area contributed by atoms with Crippen molar-refractivity contribution in [1.82, 2.24) is 0 Å². The molecule has 0 saturated carbocycles. The highest BCUT2D eigenvalue weighted by Crippen LogP contribution is 2.29. The largest absolute Gasteiger partial charge is 0.489 e. The first-order valence-corrected chi connectivity index (χ1v) is 12.2. The second-order valence-corrected chi connectivity index (χ2v) is 9.61. The van der Waals surface area contributed by atoms with E-state index in [4.69, 9.17) is 4.74 Å². The zero-order valence-corrected chi connectivity index (χ0v) is 20.7. The number of rotatable bonds is 9. The van der Waals surface area contributed by atoms with Crippen LogP contribution >= 0.6 is 11.8 Å². The molecule has 3 heteroatoms. The van der Waals surface area contributed by atoms with Crippen molar-refractivity contribution >= 4 is 30.2 Å². The van der Waals surface area contributed by atoms with E-state index in [2.05, 4.69) is 49.9 Å². The van der Waals surface area contributed by atoms with E-state index in [1.165, 1.54) is 0 Å². The van der Waals surface area contributed by atoms with Gasteiger partial charge in [-0.15, -0.1) is 11.8 Å². The van der Waals surface area contributed by atoms with Crippen LogP contribution in [0.1, 0.15) is 42.3 Å². The Kier molecular flexibility index (Phi) is 8.73. The van der Waals surface area contributed by atoms with Gasteiger partial charge in [0.15, 0.2) is 5.78 Å². The maximum atomic E-state index is 12.7. The topological polar surface area (TPSA) is 26.3 Å². The maximum Gasteiger partial charge on any atom is 0.165 e. The van der Waals surface area contributed by atoms with Crippen LogP contribution < -0.4 is 15.2 Å². The number of thioether (sulfide) groups is 1. The minimum Gasteiger partial charge on any atom is -0.489 e. The van der Waals surface area contributed by atoms with E-state index in [-0.39, 0.29) is 11.7 Å². The summed E-state index contributed by atoms with van der Waals surface area (Å²) in [7, 11) is 0. The van der Waals surface area contributed by atoms with Crippen LogP contribution in [0.15, 0.2) is 83.3 Å². The summed E-state index contributed by atoms with van der Waals surface area (Å²) in [4.78, 5) is 13.8. The van der Waals surface area contributed by atoms with Crippen LogP contribution in [0.2, 0.25) is 0 Å². The predicted molar refractivity (Wildman–Crippen MR) is 141 cm³/mol. The number of Topliss-reactive ketones (excluding diaryl/α,β-unsaturated/α-hetero) is 1. The van der Waals surface area contributed by atoms with Gasteiger partial charge in [0, 0.05) is 22.1 Å². The summed E-state index contributed by atoms with van der Waals surface area (Å²) in [5, 5.41) is 2.13. The molecule has 0 aliphatic carbocycles. The number of hydrogen-bond donors (Lipinski definition) is 0. The second-order valence-electron chi connectivity index (χ2n) is 8.56. The molecule has 0 aromatic heterocycles. The monoisotopic (exact) mass is 456 g/mol. The van der Waals surface area contributed by atoms with Crippen LogP contribution in [0.3, 0.4) is 0 Å². The molecule has 33 heavy (non-hydrogen) atoms. The molecule has 3 aromatic carbocycles. The Morgan fingerprint density at radius 2 is 1.82 bits per heavy atom. The van der Waals surface area contributed by atoms with E-state index in [1.54, 1.807) is 11.8 Å². The Balaban J connectivity index is 1.65. The molecule has 0 bridgehead atoms. The lowest BCUT2D eigenvalue weighted by Gasteiger charge is -2.14. The molecule has 170 valence electrons. The van der Waals surface area contributed by atoms with Gasteiger partial charge in [0.2, 0.25) is 0 Å². The lowest BCUT2D eigenvalue weighted by atomic mass is 9.93. The van der Waals surface area contributed by atoms with Crippen LogP contribution in [-0.4, -0.2) is 12.4 Å². The van der Waals surface area contributed by atoms with Crippen LogP contribution in [0, 0.1) is 12.8 Å². The summed E-state index contributed by atoms with van der Waals surface area (Å²) in [6.07, 6.45) is 4.15. The number of allylic oxidation sites excluding steroid dienone is 1. The van der Waals surface area contributed by atoms with Crippen LogP contribution in [-0.2, 0) is 5.75 Å². The number of carbonyl (C=O) groups excluding carboxylic acids is 1. The van der Waals surface area contributed by atoms with Crippen LogP contribution in [0.4, 0.5) is 0 Å². The van der Waals surface area contributed by atoms with Crippen molar-refractivity contribution in [2.24, 2.45) is 5.92 Å². The van der Waals surface area contributed by atoms with Gasteiger partial charge in [0.25, 0.3) is 0 Å². The van der Waals surface area contributed by atoms with E-state index in [0.29, 0.717) is 6.61 Å². The molecule has 0 radical (unpaired) electrons. The van der Waals surface area contributed by atoms with Gasteiger partial charge in [-0.3, -0.25) is 4.79 Å². The molecule has 0 saturated heterocycles. The molecule has 0 heterocycles. The summed E-state index contributed by atoms with van der Waals surface area (Å²) in [6.45, 7) is 12.6. The predicted octanol–water partition coefficient (Wildman–Crippen LogP) is 6.34. The lowest BCUT2D eigenvalue weighted by molar-refractivity contribution is 0.0938. The molecule has 0 amide bonds. The Hall–Kier alpha value is -3.04. The van der Waals surface area contributed by atoms with Crippen molar-refractivity contribution < 1.29 is 9.53 Å². The SMILES string of the molecule is C=c1cccc/c1=C/C=C(\C)COc1cccc(SCc2cccc(C)c2C(=O)C(C)C)c1. The van der Waals surface area contributed by atoms with Gasteiger partial charge in [-0.2, -0.15) is 0 Å². The van der Waals surface area contributed by atoms with Crippen molar-refractivity contribution in [2.45, 2.75) is 38.3 Å². The van der Waals surface area contributed by atoms with Gasteiger partial charge in [-0.1, -0.05) is 81.1 Å². The third-order valence-corrected chi connectivity index (χ3v) is 6.44. The molecular weight excluding hydrogens is 424 g/mol. The van der Waals surface area contributed by atoms with Crippen molar-refractivity contribution in [3.05, 3.63) is 106 Å². The first kappa shape index (κ1) is 24.6. The second kappa shape index (κ2) is 11.7. The quantitative estimate of drug-likeness (QED) is 0.277. The number of benzene rings is 3. The molecule has 2 nitrogen and oxygen atoms in total. The third-order valence-electron chi connectivity index (χ3n) is 5.40. The molecule has 0 N–H and O–H groups in total. The van der Waals surface area contributed by atoms with E-state index in [9.17, 15) is 4.79 Å². The third kappa shape index (κ3) is 6.97. The summed E-state index contributed by atoms with van der Waals surface area (Å²) in [6, 6.07) is 22.3. The first-order valence-electron chi connectivity index (χ1n) is 11.2. The first-order chi connectivity index (χ1) is 15.8. The fourth-order valence-corrected chi connectivity index (χ4v) is 4.42. The van der Waals surface area contributed by atoms with Crippen molar-refractivity contribution in [3.8, 4) is 5.75 Å². The minimum atomic E-state index is -0.0119. The number of hydrogen-bond acceptors (Lipinski definition) is 3. The van der Waals surface area contributed by atoms with Crippen molar-refractivity contribution in [1.29, 1.82) is 0 Å². The van der Waals surface area contributed by atoms with E-state index in [1.807, 2.05) is 63.2 Å². The van der Waals surface area contributed by atoms with Crippen molar-refractivity contribution in [3.63, 3.8) is 0 Å². The zero-order chi connectivity index (χ0) is 23.8. The van der Waals surface area contributed by atoms with E-state index >= 15 is 0 Å². The zero-order valence-electron chi connectivity index (χ0n) is 19.9. The van der Waals surface area contributed by atoms with Crippen molar-refractivity contribution in [2.75, 3.05) is 6.61 Å². The Morgan fingerprint density at radius 3 is 2.58 bits per heavy atom. The molecule has 0 atom stereocenters. The molecule has 0 fully saturated rings. The Bertz CT molecular complexity index is 1250. The summed E-state index contributed by atoms with van der Waals surface area (Å²) < 4.78 is 6.02. The van der Waals surface area contributed by atoms with Gasteiger partial charge in [-0.05, 0) is 59.2 Å². The lowest BCUT2D eigenvalue weighted by Crippen LogP contribution is -2.21. The summed E-state index contributed by atoms with van der Waals surface area (Å²) in [5.74, 6) is 1.79. The van der Waals surface area contributed by atoms with Gasteiger partial charge in [0.05, 0.1) is 0 Å². The summed E-state index contributed by atoms with van der Waals surface area (Å²) >= 11 is 1.72. The van der Waals surface area contributed by atoms with E-state index in [0.717, 1.165) is 49.1 Å². The highest BCUT2D eigenvalue weighted by atomic mass is 32.2. The number of ketones is 1. The van der Waals surface area contributed by atoms with Gasteiger partial charge < -0.3 is 4.74 Å². The molecular formula is C30H32O2S. The number of carbonyl (C=O) groups is 1. The minimum absolute atomic E-state index is 0.0119. The molecule has 0 spiro atoms. The van der Waals surface area contributed by atoms with Crippen LogP contribution in [0.25, 0.3) is 12.7 Å². The average molecular weight is 457 g/mol. The highest BCUT2D eigenvalue weighted by Gasteiger charge is 2.17. The number of aryl methyl sites for hydroxylation is 1. The fraction of sp³-hybridized carbons (Fsp3) is 0.233. The van der Waals surface area contributed by atoms with Gasteiger partial charge in [0.1, 0.15) is 12.4 Å². The fourth-order valence-electron chi connectivity index (χ4n) is 3.48. The molecule has 0 aliphatic rings. The molecule has 3 aromatic rings. The molecule has 0 aliphatic heterocycles. The smallest absolute Gasteiger partial charge is 0.165 e. The Morgan fingerprint density at radius 1 is 1.06 bits per heavy atom. The molecule has 0 unspecified atom stereocenters. The average Bonchev–Trinajstić information content (AvgIpc) is 2.80. The normalized spacial score (nSPS) is 12.3. The standard InChI is InChI=1S/C30H32O2S/c1-21(2)30(31)29-24(5)11-8-13-26(29)20-33-28-15-9-14-27(18-28)32-19-22(3)16-17-25-12-7-6-10-23(25)4/h6-18,21H,4,19-20H2,1-3,5H3/b22-16+,25-17-. The molecule has 3 rings (SSSR count). The summed E-state index contributed by atoms with van der Waals surface area (Å²) in [5.41, 5.74) is 4.13.